The fourth-order valence-electron chi connectivity index (χ4n) is 2.57. The lowest BCUT2D eigenvalue weighted by Gasteiger charge is -2.23. The first-order valence-electron chi connectivity index (χ1n) is 7.77. The maximum atomic E-state index is 12.2. The summed E-state index contributed by atoms with van der Waals surface area (Å²) in [4.78, 5) is 16.6. The predicted molar refractivity (Wildman–Crippen MR) is 94.2 cm³/mol. The summed E-state index contributed by atoms with van der Waals surface area (Å²) in [5.41, 5.74) is 0.792. The van der Waals surface area contributed by atoms with E-state index < -0.39 is 0 Å². The Bertz CT molecular complexity index is 669. The molecule has 6 nitrogen and oxygen atoms in total. The molecule has 2 N–H and O–H groups in total. The quantitative estimate of drug-likeness (QED) is 0.863. The van der Waals surface area contributed by atoms with Crippen molar-refractivity contribution in [3.05, 3.63) is 35.1 Å². The molecule has 2 heterocycles. The van der Waals surface area contributed by atoms with Gasteiger partial charge in [-0.1, -0.05) is 23.2 Å². The molecule has 130 valence electrons. The van der Waals surface area contributed by atoms with Crippen LogP contribution in [-0.4, -0.2) is 28.6 Å². The minimum atomic E-state index is -0.309. The molecule has 0 saturated carbocycles. The Balaban J connectivity index is 0.00000208. The Labute approximate surface area is 151 Å². The molecule has 3 rings (SSSR count). The van der Waals surface area contributed by atoms with Gasteiger partial charge in [0, 0.05) is 10.6 Å². The van der Waals surface area contributed by atoms with Crippen molar-refractivity contribution in [1.82, 2.24) is 20.8 Å². The number of nitrogens with one attached hydrogen (secondary N) is 2. The molecule has 1 unspecified atom stereocenters. The fourth-order valence-corrected chi connectivity index (χ4v) is 2.70. The van der Waals surface area contributed by atoms with Crippen molar-refractivity contribution in [2.75, 3.05) is 6.54 Å². The van der Waals surface area contributed by atoms with Crippen molar-refractivity contribution >= 4 is 29.9 Å². The molecule has 1 fully saturated rings. The highest BCUT2D eigenvalue weighted by Gasteiger charge is 2.24. The minimum Gasteiger partial charge on any atom is -0.345 e. The average Bonchev–Trinajstić information content (AvgIpc) is 3.06. The first kappa shape index (κ1) is 18.7. The number of aromatic nitrogens is 2. The van der Waals surface area contributed by atoms with Gasteiger partial charge in [-0.05, 0) is 50.6 Å². The van der Waals surface area contributed by atoms with E-state index in [4.69, 9.17) is 16.1 Å². The van der Waals surface area contributed by atoms with Gasteiger partial charge < -0.3 is 15.2 Å². The summed E-state index contributed by atoms with van der Waals surface area (Å²) >= 11 is 5.87. The lowest BCUT2D eigenvalue weighted by Crippen LogP contribution is -2.47. The second-order valence-corrected chi connectivity index (χ2v) is 6.13. The maximum Gasteiger partial charge on any atom is 0.257 e. The molecule has 1 aromatic carbocycles. The minimum absolute atomic E-state index is 0. The maximum absolute atomic E-state index is 12.2. The number of carbonyl (C=O) groups is 1. The number of amides is 1. The Morgan fingerprint density at radius 1 is 1.38 bits per heavy atom. The number of halogens is 2. The summed E-state index contributed by atoms with van der Waals surface area (Å²) in [7, 11) is 0. The highest BCUT2D eigenvalue weighted by Crippen LogP contribution is 2.21. The average molecular weight is 371 g/mol. The molecule has 8 heteroatoms. The van der Waals surface area contributed by atoms with Crippen LogP contribution in [0.1, 0.15) is 38.1 Å². The van der Waals surface area contributed by atoms with Gasteiger partial charge in [0.05, 0.1) is 12.1 Å². The third kappa shape index (κ3) is 4.47. The predicted octanol–water partition coefficient (Wildman–Crippen LogP) is 3.13. The number of carbonyl (C=O) groups excluding carboxylic acids is 1. The Hall–Kier alpha value is -1.63. The van der Waals surface area contributed by atoms with Crippen molar-refractivity contribution in [2.24, 2.45) is 0 Å². The fraction of sp³-hybridized carbons (Fsp3) is 0.438. The van der Waals surface area contributed by atoms with Crippen LogP contribution in [0.15, 0.2) is 28.8 Å². The molecule has 24 heavy (non-hydrogen) atoms. The topological polar surface area (TPSA) is 80.0 Å². The van der Waals surface area contributed by atoms with E-state index in [0.717, 1.165) is 31.4 Å². The van der Waals surface area contributed by atoms with Crippen LogP contribution in [0.2, 0.25) is 5.02 Å². The van der Waals surface area contributed by atoms with Gasteiger partial charge in [0.25, 0.3) is 5.89 Å². The first-order valence-corrected chi connectivity index (χ1v) is 8.14. The molecule has 0 aliphatic carbocycles. The second-order valence-electron chi connectivity index (χ2n) is 5.70. The molecule has 1 aromatic heterocycles. The lowest BCUT2D eigenvalue weighted by atomic mass is 10.0. The van der Waals surface area contributed by atoms with Crippen molar-refractivity contribution in [2.45, 2.75) is 38.3 Å². The molecule has 1 saturated heterocycles. The molecule has 0 bridgehead atoms. The van der Waals surface area contributed by atoms with Crippen molar-refractivity contribution in [3.8, 4) is 11.5 Å². The monoisotopic (exact) mass is 370 g/mol. The zero-order valence-corrected chi connectivity index (χ0v) is 14.9. The van der Waals surface area contributed by atoms with Gasteiger partial charge in [-0.2, -0.15) is 4.98 Å². The smallest absolute Gasteiger partial charge is 0.257 e. The Kier molecular flexibility index (Phi) is 6.60. The number of rotatable bonds is 4. The van der Waals surface area contributed by atoms with Gasteiger partial charge in [0.15, 0.2) is 5.82 Å². The van der Waals surface area contributed by atoms with Gasteiger partial charge in [-0.25, -0.2) is 0 Å². The van der Waals surface area contributed by atoms with Crippen molar-refractivity contribution < 1.29 is 9.32 Å². The molecule has 1 amide bonds. The van der Waals surface area contributed by atoms with E-state index >= 15 is 0 Å². The van der Waals surface area contributed by atoms with Crippen LogP contribution < -0.4 is 10.6 Å². The lowest BCUT2D eigenvalue weighted by molar-refractivity contribution is -0.124. The first-order chi connectivity index (χ1) is 11.1. The third-order valence-electron chi connectivity index (χ3n) is 3.91. The Morgan fingerprint density at radius 3 is 2.79 bits per heavy atom. The van der Waals surface area contributed by atoms with E-state index in [0.29, 0.717) is 16.7 Å². The summed E-state index contributed by atoms with van der Waals surface area (Å²) in [5.74, 6) is 0.850. The SMILES string of the molecule is CC(NC(=O)[C@H]1CCCCN1)c1noc(-c2ccc(Cl)cc2)n1.Cl. The third-order valence-corrected chi connectivity index (χ3v) is 4.16. The summed E-state index contributed by atoms with van der Waals surface area (Å²) in [6, 6.07) is 6.72. The van der Waals surface area contributed by atoms with Crippen LogP contribution >= 0.6 is 24.0 Å². The normalized spacial score (nSPS) is 18.5. The molecule has 0 radical (unpaired) electrons. The molecule has 2 atom stereocenters. The van der Waals surface area contributed by atoms with Gasteiger partial charge >= 0.3 is 0 Å². The Morgan fingerprint density at radius 2 is 2.12 bits per heavy atom. The van der Waals surface area contributed by atoms with Crippen molar-refractivity contribution in [1.29, 1.82) is 0 Å². The van der Waals surface area contributed by atoms with Crippen LogP contribution in [0.4, 0.5) is 0 Å². The zero-order chi connectivity index (χ0) is 16.2. The number of nitrogens with zero attached hydrogens (tertiary/aromatic N) is 2. The van der Waals surface area contributed by atoms with Gasteiger partial charge in [0.1, 0.15) is 0 Å². The molecule has 0 spiro atoms. The standard InChI is InChI=1S/C16H19ClN4O2.ClH/c1-10(19-15(22)13-4-2-3-9-18-13)14-20-16(23-21-14)11-5-7-12(17)8-6-11;/h5-8,10,13,18H,2-4,9H2,1H3,(H,19,22);1H/t10?,13-;/m1./s1. The molecular formula is C16H20Cl2N4O2. The van der Waals surface area contributed by atoms with Gasteiger partial charge in [-0.15, -0.1) is 12.4 Å². The number of hydrogen-bond acceptors (Lipinski definition) is 5. The molecule has 2 aromatic rings. The largest absolute Gasteiger partial charge is 0.345 e. The van der Waals surface area contributed by atoms with Gasteiger partial charge in [0.2, 0.25) is 5.91 Å². The summed E-state index contributed by atoms with van der Waals surface area (Å²) in [6.07, 6.45) is 3.05. The highest BCUT2D eigenvalue weighted by molar-refractivity contribution is 6.30. The van der Waals surface area contributed by atoms with Crippen LogP contribution in [0, 0.1) is 0 Å². The molecule has 1 aliphatic heterocycles. The van der Waals surface area contributed by atoms with E-state index in [-0.39, 0.29) is 30.4 Å². The number of benzene rings is 1. The van der Waals surface area contributed by atoms with Crippen LogP contribution in [0.3, 0.4) is 0 Å². The van der Waals surface area contributed by atoms with Crippen LogP contribution in [0.25, 0.3) is 11.5 Å². The molecule has 1 aliphatic rings. The van der Waals surface area contributed by atoms with Gasteiger partial charge in [-0.3, -0.25) is 4.79 Å². The van der Waals surface area contributed by atoms with E-state index in [1.807, 2.05) is 19.1 Å². The van der Waals surface area contributed by atoms with Crippen LogP contribution in [0.5, 0.6) is 0 Å². The number of hydrogen-bond donors (Lipinski definition) is 2. The molecular weight excluding hydrogens is 351 g/mol. The summed E-state index contributed by atoms with van der Waals surface area (Å²) in [6.45, 7) is 2.73. The van der Waals surface area contributed by atoms with E-state index in [1.54, 1.807) is 12.1 Å². The van der Waals surface area contributed by atoms with Crippen LogP contribution in [-0.2, 0) is 4.79 Å². The van der Waals surface area contributed by atoms with E-state index in [9.17, 15) is 4.79 Å². The van der Waals surface area contributed by atoms with E-state index in [2.05, 4.69) is 20.8 Å². The summed E-state index contributed by atoms with van der Waals surface area (Å²) < 4.78 is 5.27. The summed E-state index contributed by atoms with van der Waals surface area (Å²) in [5, 5.41) is 10.8. The zero-order valence-electron chi connectivity index (χ0n) is 13.3. The number of piperidine rings is 1. The van der Waals surface area contributed by atoms with Crippen molar-refractivity contribution in [3.63, 3.8) is 0 Å². The second kappa shape index (κ2) is 8.46. The highest BCUT2D eigenvalue weighted by atomic mass is 35.5. The van der Waals surface area contributed by atoms with E-state index in [1.165, 1.54) is 0 Å².